The van der Waals surface area contributed by atoms with Gasteiger partial charge in [-0.1, -0.05) is 0 Å². The molecule has 2 fully saturated rings. The smallest absolute Gasteiger partial charge is 0.289 e. The Kier molecular flexibility index (Phi) is 4.01. The summed E-state index contributed by atoms with van der Waals surface area (Å²) in [5.74, 6) is -0.247. The number of aryl methyl sites for hydroxylation is 1. The SMILES string of the molecule is CC(=O)N1CC(=O)N(c2cnn(C)c2)C[C@]12CCN(C(=O)c1ccco1)C2. The second-order valence-corrected chi connectivity index (χ2v) is 7.14. The molecule has 142 valence electrons. The summed E-state index contributed by atoms with van der Waals surface area (Å²) >= 11 is 0. The topological polar surface area (TPSA) is 91.9 Å². The number of carbonyl (C=O) groups is 3. The van der Waals surface area contributed by atoms with Crippen LogP contribution in [-0.2, 0) is 16.6 Å². The molecule has 2 aliphatic heterocycles. The molecule has 2 aliphatic rings. The largest absolute Gasteiger partial charge is 0.459 e. The Hall–Kier alpha value is -3.10. The maximum Gasteiger partial charge on any atom is 0.289 e. The first-order chi connectivity index (χ1) is 12.9. The van der Waals surface area contributed by atoms with Crippen molar-refractivity contribution in [1.82, 2.24) is 19.6 Å². The molecule has 0 N–H and O–H groups in total. The van der Waals surface area contributed by atoms with Crippen LogP contribution in [0.25, 0.3) is 0 Å². The molecule has 9 heteroatoms. The van der Waals surface area contributed by atoms with Gasteiger partial charge in [0, 0.05) is 33.3 Å². The van der Waals surface area contributed by atoms with Gasteiger partial charge in [0.1, 0.15) is 6.54 Å². The van der Waals surface area contributed by atoms with Crippen LogP contribution in [0.4, 0.5) is 5.69 Å². The number of piperazine rings is 1. The fourth-order valence-corrected chi connectivity index (χ4v) is 4.02. The first-order valence-corrected chi connectivity index (χ1v) is 8.80. The van der Waals surface area contributed by atoms with Gasteiger partial charge in [-0.15, -0.1) is 0 Å². The van der Waals surface area contributed by atoms with E-state index in [0.717, 1.165) is 0 Å². The van der Waals surface area contributed by atoms with E-state index < -0.39 is 5.54 Å². The number of anilines is 1. The number of hydrogen-bond donors (Lipinski definition) is 0. The average Bonchev–Trinajstić information content (AvgIpc) is 3.37. The molecule has 0 aliphatic carbocycles. The normalized spacial score (nSPS) is 22.7. The molecule has 27 heavy (non-hydrogen) atoms. The molecule has 9 nitrogen and oxygen atoms in total. The van der Waals surface area contributed by atoms with E-state index in [0.29, 0.717) is 31.7 Å². The van der Waals surface area contributed by atoms with Crippen molar-refractivity contribution in [3.63, 3.8) is 0 Å². The molecule has 0 aromatic carbocycles. The van der Waals surface area contributed by atoms with Gasteiger partial charge in [-0.25, -0.2) is 0 Å². The molecule has 2 aromatic rings. The number of nitrogens with zero attached hydrogens (tertiary/aromatic N) is 5. The summed E-state index contributed by atoms with van der Waals surface area (Å²) in [5.41, 5.74) is 0.0820. The third-order valence-corrected chi connectivity index (χ3v) is 5.35. The van der Waals surface area contributed by atoms with Crippen LogP contribution in [0.15, 0.2) is 35.2 Å². The van der Waals surface area contributed by atoms with Crippen molar-refractivity contribution in [1.29, 1.82) is 0 Å². The summed E-state index contributed by atoms with van der Waals surface area (Å²) in [6, 6.07) is 3.30. The van der Waals surface area contributed by atoms with Gasteiger partial charge in [-0.3, -0.25) is 19.1 Å². The molecule has 2 aromatic heterocycles. The molecule has 2 saturated heterocycles. The molecule has 1 spiro atoms. The van der Waals surface area contributed by atoms with Gasteiger partial charge in [0.2, 0.25) is 11.8 Å². The minimum absolute atomic E-state index is 0.00693. The number of aromatic nitrogens is 2. The summed E-state index contributed by atoms with van der Waals surface area (Å²) in [5, 5.41) is 4.14. The molecule has 0 saturated carbocycles. The lowest BCUT2D eigenvalue weighted by atomic mass is 9.92. The van der Waals surface area contributed by atoms with Crippen LogP contribution in [-0.4, -0.2) is 69.0 Å². The third-order valence-electron chi connectivity index (χ3n) is 5.35. The van der Waals surface area contributed by atoms with E-state index in [1.165, 1.54) is 13.2 Å². The van der Waals surface area contributed by atoms with Gasteiger partial charge < -0.3 is 19.1 Å². The number of rotatable bonds is 2. The predicted molar refractivity (Wildman–Crippen MR) is 94.9 cm³/mol. The highest BCUT2D eigenvalue weighted by Crippen LogP contribution is 2.35. The van der Waals surface area contributed by atoms with E-state index in [-0.39, 0.29) is 30.0 Å². The number of furan rings is 1. The lowest BCUT2D eigenvalue weighted by Gasteiger charge is -2.47. The fraction of sp³-hybridized carbons (Fsp3) is 0.444. The van der Waals surface area contributed by atoms with E-state index in [4.69, 9.17) is 4.42 Å². The predicted octanol–water partition coefficient (Wildman–Crippen LogP) is 0.493. The van der Waals surface area contributed by atoms with Gasteiger partial charge in [0.25, 0.3) is 5.91 Å². The summed E-state index contributed by atoms with van der Waals surface area (Å²) in [4.78, 5) is 42.6. The summed E-state index contributed by atoms with van der Waals surface area (Å²) < 4.78 is 6.85. The molecule has 3 amide bonds. The van der Waals surface area contributed by atoms with Crippen molar-refractivity contribution in [2.24, 2.45) is 7.05 Å². The van der Waals surface area contributed by atoms with E-state index in [9.17, 15) is 14.4 Å². The molecule has 0 unspecified atom stereocenters. The van der Waals surface area contributed by atoms with E-state index >= 15 is 0 Å². The minimum Gasteiger partial charge on any atom is -0.459 e. The van der Waals surface area contributed by atoms with Crippen molar-refractivity contribution in [2.75, 3.05) is 31.1 Å². The zero-order chi connectivity index (χ0) is 19.2. The van der Waals surface area contributed by atoms with Crippen molar-refractivity contribution in [3.8, 4) is 0 Å². The molecular weight excluding hydrogens is 350 g/mol. The van der Waals surface area contributed by atoms with Gasteiger partial charge in [-0.05, 0) is 18.6 Å². The van der Waals surface area contributed by atoms with Crippen LogP contribution in [0.3, 0.4) is 0 Å². The Balaban J connectivity index is 1.62. The van der Waals surface area contributed by atoms with Gasteiger partial charge in [0.05, 0.1) is 30.2 Å². The average molecular weight is 371 g/mol. The quantitative estimate of drug-likeness (QED) is 0.766. The minimum atomic E-state index is -0.613. The Morgan fingerprint density at radius 2 is 2.11 bits per heavy atom. The second kappa shape index (κ2) is 6.26. The van der Waals surface area contributed by atoms with Crippen molar-refractivity contribution >= 4 is 23.4 Å². The monoisotopic (exact) mass is 371 g/mol. The first kappa shape index (κ1) is 17.3. The first-order valence-electron chi connectivity index (χ1n) is 8.80. The molecular formula is C18H21N5O4. The Morgan fingerprint density at radius 3 is 2.74 bits per heavy atom. The lowest BCUT2D eigenvalue weighted by Crippen LogP contribution is -2.67. The van der Waals surface area contributed by atoms with Gasteiger partial charge in [0.15, 0.2) is 5.76 Å². The van der Waals surface area contributed by atoms with Gasteiger partial charge >= 0.3 is 0 Å². The second-order valence-electron chi connectivity index (χ2n) is 7.14. The zero-order valence-electron chi connectivity index (χ0n) is 15.3. The van der Waals surface area contributed by atoms with E-state index in [1.807, 2.05) is 0 Å². The fourth-order valence-electron chi connectivity index (χ4n) is 4.02. The Bertz CT molecular complexity index is 889. The van der Waals surface area contributed by atoms with Crippen LogP contribution in [0.2, 0.25) is 0 Å². The van der Waals surface area contributed by atoms with Crippen molar-refractivity contribution in [2.45, 2.75) is 18.9 Å². The number of amides is 3. The standard InChI is InChI=1S/C18H21N5O4/c1-13(24)23-10-16(25)22(14-8-19-20(2)9-14)12-18(23)5-6-21(11-18)17(26)15-4-3-7-27-15/h3-4,7-9H,5-6,10-12H2,1-2H3/t18-/m1/s1. The lowest BCUT2D eigenvalue weighted by molar-refractivity contribution is -0.142. The molecule has 0 bridgehead atoms. The van der Waals surface area contributed by atoms with Gasteiger partial charge in [-0.2, -0.15) is 5.10 Å². The number of likely N-dealkylation sites (tertiary alicyclic amines) is 1. The number of hydrogen-bond acceptors (Lipinski definition) is 5. The van der Waals surface area contributed by atoms with Crippen LogP contribution in [0.1, 0.15) is 23.9 Å². The van der Waals surface area contributed by atoms with Crippen LogP contribution in [0.5, 0.6) is 0 Å². The number of carbonyl (C=O) groups excluding carboxylic acids is 3. The van der Waals surface area contributed by atoms with Crippen molar-refractivity contribution in [3.05, 3.63) is 36.5 Å². The van der Waals surface area contributed by atoms with Crippen LogP contribution < -0.4 is 4.90 Å². The van der Waals surface area contributed by atoms with E-state index in [2.05, 4.69) is 5.10 Å². The highest BCUT2D eigenvalue weighted by molar-refractivity contribution is 5.98. The molecule has 0 radical (unpaired) electrons. The summed E-state index contributed by atoms with van der Waals surface area (Å²) in [6.45, 7) is 2.65. The highest BCUT2D eigenvalue weighted by Gasteiger charge is 2.51. The maximum atomic E-state index is 12.7. The van der Waals surface area contributed by atoms with E-state index in [1.54, 1.807) is 51.0 Å². The van der Waals surface area contributed by atoms with Crippen LogP contribution in [0, 0.1) is 0 Å². The zero-order valence-corrected chi connectivity index (χ0v) is 15.3. The van der Waals surface area contributed by atoms with Crippen LogP contribution >= 0.6 is 0 Å². The van der Waals surface area contributed by atoms with Crippen molar-refractivity contribution < 1.29 is 18.8 Å². The summed E-state index contributed by atoms with van der Waals surface area (Å²) in [6.07, 6.45) is 5.47. The third kappa shape index (κ3) is 2.88. The molecule has 4 heterocycles. The summed E-state index contributed by atoms with van der Waals surface area (Å²) in [7, 11) is 1.79. The highest BCUT2D eigenvalue weighted by atomic mass is 16.3. The molecule has 4 rings (SSSR count). The molecule has 1 atom stereocenters. The Morgan fingerprint density at radius 1 is 1.30 bits per heavy atom. The Labute approximate surface area is 156 Å². The maximum absolute atomic E-state index is 12.7.